The molecule has 1 aromatic carbocycles. The van der Waals surface area contributed by atoms with Crippen molar-refractivity contribution in [3.8, 4) is 5.75 Å². The second-order valence-electron chi connectivity index (χ2n) is 4.32. The van der Waals surface area contributed by atoms with Crippen LogP contribution in [-0.4, -0.2) is 23.9 Å². The Morgan fingerprint density at radius 1 is 1.50 bits per heavy atom. The van der Waals surface area contributed by atoms with E-state index in [4.69, 9.17) is 15.6 Å². The van der Waals surface area contributed by atoms with E-state index in [9.17, 15) is 4.39 Å². The molecular weight excluding hydrogens is 209 g/mol. The highest BCUT2D eigenvalue weighted by Crippen LogP contribution is 2.16. The number of halogens is 1. The summed E-state index contributed by atoms with van der Waals surface area (Å²) in [5, 5.41) is 8.94. The van der Waals surface area contributed by atoms with Gasteiger partial charge in [-0.2, -0.15) is 0 Å². The number of aliphatic hydroxyl groups excluding tert-OH is 1. The zero-order valence-electron chi connectivity index (χ0n) is 9.66. The number of hydrogen-bond donors (Lipinski definition) is 2. The Balaban J connectivity index is 2.46. The Morgan fingerprint density at radius 2 is 2.19 bits per heavy atom. The maximum Gasteiger partial charge on any atom is 0.126 e. The molecule has 0 aliphatic carbocycles. The van der Waals surface area contributed by atoms with Gasteiger partial charge in [0.25, 0.3) is 0 Å². The van der Waals surface area contributed by atoms with E-state index in [1.54, 1.807) is 26.0 Å². The molecule has 90 valence electrons. The Bertz CT molecular complexity index is 353. The van der Waals surface area contributed by atoms with Gasteiger partial charge >= 0.3 is 0 Å². The van der Waals surface area contributed by atoms with E-state index in [0.717, 1.165) is 0 Å². The summed E-state index contributed by atoms with van der Waals surface area (Å²) in [6.07, 6.45) is 0.542. The maximum atomic E-state index is 13.0. The van der Waals surface area contributed by atoms with Gasteiger partial charge in [0.1, 0.15) is 11.6 Å². The van der Waals surface area contributed by atoms with Crippen molar-refractivity contribution >= 4 is 0 Å². The summed E-state index contributed by atoms with van der Waals surface area (Å²) >= 11 is 0. The molecule has 0 radical (unpaired) electrons. The third-order valence-corrected chi connectivity index (χ3v) is 2.43. The monoisotopic (exact) mass is 227 g/mol. The third kappa shape index (κ3) is 3.79. The molecule has 0 aliphatic heterocycles. The van der Waals surface area contributed by atoms with Crippen LogP contribution in [0.5, 0.6) is 5.75 Å². The van der Waals surface area contributed by atoms with Crippen LogP contribution in [0.1, 0.15) is 18.9 Å². The Kier molecular flexibility index (Phi) is 4.26. The second kappa shape index (κ2) is 5.27. The summed E-state index contributed by atoms with van der Waals surface area (Å²) in [7, 11) is 0. The molecule has 3 nitrogen and oxygen atoms in total. The zero-order valence-corrected chi connectivity index (χ0v) is 9.66. The van der Waals surface area contributed by atoms with E-state index >= 15 is 0 Å². The Labute approximate surface area is 95.0 Å². The molecule has 0 fully saturated rings. The lowest BCUT2D eigenvalue weighted by Crippen LogP contribution is -2.41. The molecule has 0 aliphatic rings. The zero-order chi connectivity index (χ0) is 12.2. The summed E-state index contributed by atoms with van der Waals surface area (Å²) in [5.41, 5.74) is 5.67. The van der Waals surface area contributed by atoms with Gasteiger partial charge in [0.15, 0.2) is 0 Å². The number of ether oxygens (including phenoxy) is 1. The minimum absolute atomic E-state index is 0.0845. The van der Waals surface area contributed by atoms with E-state index in [1.807, 2.05) is 0 Å². The van der Waals surface area contributed by atoms with Gasteiger partial charge < -0.3 is 15.6 Å². The molecule has 0 spiro atoms. The van der Waals surface area contributed by atoms with Crippen LogP contribution >= 0.6 is 0 Å². The summed E-state index contributed by atoms with van der Waals surface area (Å²) < 4.78 is 18.4. The summed E-state index contributed by atoms with van der Waals surface area (Å²) in [4.78, 5) is 0. The third-order valence-electron chi connectivity index (χ3n) is 2.43. The highest BCUT2D eigenvalue weighted by atomic mass is 19.1. The van der Waals surface area contributed by atoms with E-state index in [2.05, 4.69) is 0 Å². The molecule has 1 rings (SSSR count). The summed E-state index contributed by atoms with van der Waals surface area (Å²) in [5.74, 6) is 0.374. The average Bonchev–Trinajstić information content (AvgIpc) is 2.23. The first-order valence-electron chi connectivity index (χ1n) is 5.23. The van der Waals surface area contributed by atoms with Gasteiger partial charge in [-0.15, -0.1) is 0 Å². The number of nitrogens with two attached hydrogens (primary N) is 1. The number of rotatable bonds is 5. The van der Waals surface area contributed by atoms with Crippen LogP contribution in [0, 0.1) is 12.7 Å². The molecule has 3 N–H and O–H groups in total. The quantitative estimate of drug-likeness (QED) is 0.803. The van der Waals surface area contributed by atoms with Crippen molar-refractivity contribution in [3.63, 3.8) is 0 Å². The fourth-order valence-electron chi connectivity index (χ4n) is 1.19. The van der Waals surface area contributed by atoms with Crippen molar-refractivity contribution in [2.75, 3.05) is 13.2 Å². The van der Waals surface area contributed by atoms with Crippen LogP contribution in [-0.2, 0) is 0 Å². The van der Waals surface area contributed by atoms with Crippen molar-refractivity contribution in [1.29, 1.82) is 0 Å². The molecule has 0 amide bonds. The predicted octanol–water partition coefficient (Wildman–Crippen LogP) is 1.61. The highest BCUT2D eigenvalue weighted by Gasteiger charge is 2.16. The first-order chi connectivity index (χ1) is 7.44. The van der Waals surface area contributed by atoms with Gasteiger partial charge in [-0.3, -0.25) is 0 Å². The first kappa shape index (κ1) is 12.9. The van der Waals surface area contributed by atoms with Gasteiger partial charge in [0, 0.05) is 12.0 Å². The maximum absolute atomic E-state index is 13.0. The lowest BCUT2D eigenvalue weighted by atomic mass is 10.0. The van der Waals surface area contributed by atoms with Crippen LogP contribution in [0.3, 0.4) is 0 Å². The summed E-state index contributed by atoms with van der Waals surface area (Å²) in [6, 6.07) is 4.59. The van der Waals surface area contributed by atoms with Crippen LogP contribution < -0.4 is 10.5 Å². The van der Waals surface area contributed by atoms with Crippen LogP contribution in [0.15, 0.2) is 18.2 Å². The molecule has 4 heteroatoms. The number of benzene rings is 1. The van der Waals surface area contributed by atoms with E-state index in [-0.39, 0.29) is 12.4 Å². The lowest BCUT2D eigenvalue weighted by Gasteiger charge is -2.21. The lowest BCUT2D eigenvalue weighted by molar-refractivity contribution is 0.175. The van der Waals surface area contributed by atoms with Gasteiger partial charge in [-0.05, 0) is 37.6 Å². The number of aliphatic hydroxyl groups is 1. The van der Waals surface area contributed by atoms with Crippen LogP contribution in [0.4, 0.5) is 4.39 Å². The fraction of sp³-hybridized carbons (Fsp3) is 0.500. The normalized spacial score (nSPS) is 14.6. The first-order valence-corrected chi connectivity index (χ1v) is 5.23. The Morgan fingerprint density at radius 3 is 2.75 bits per heavy atom. The largest absolute Gasteiger partial charge is 0.494 e. The van der Waals surface area contributed by atoms with Gasteiger partial charge in [0.05, 0.1) is 13.2 Å². The number of aryl methyl sites for hydroxylation is 1. The average molecular weight is 227 g/mol. The highest BCUT2D eigenvalue weighted by molar-refractivity contribution is 5.28. The summed E-state index contributed by atoms with van der Waals surface area (Å²) in [6.45, 7) is 3.76. The van der Waals surface area contributed by atoms with E-state index in [0.29, 0.717) is 24.3 Å². The SMILES string of the molecule is Cc1cc(OCCC(C)(N)CO)ccc1F. The number of hydrogen-bond acceptors (Lipinski definition) is 3. The minimum atomic E-state index is -0.630. The van der Waals surface area contributed by atoms with Gasteiger partial charge in [-0.1, -0.05) is 0 Å². The van der Waals surface area contributed by atoms with Crippen molar-refractivity contribution in [3.05, 3.63) is 29.6 Å². The van der Waals surface area contributed by atoms with Crippen molar-refractivity contribution in [2.45, 2.75) is 25.8 Å². The topological polar surface area (TPSA) is 55.5 Å². The Hall–Kier alpha value is -1.13. The van der Waals surface area contributed by atoms with Crippen molar-refractivity contribution in [2.24, 2.45) is 5.73 Å². The molecule has 0 saturated heterocycles. The van der Waals surface area contributed by atoms with E-state index in [1.165, 1.54) is 6.07 Å². The fourth-order valence-corrected chi connectivity index (χ4v) is 1.19. The molecule has 0 bridgehead atoms. The molecule has 0 heterocycles. The van der Waals surface area contributed by atoms with Crippen molar-refractivity contribution in [1.82, 2.24) is 0 Å². The van der Waals surface area contributed by atoms with Crippen molar-refractivity contribution < 1.29 is 14.2 Å². The molecular formula is C12H18FNO2. The molecule has 1 unspecified atom stereocenters. The minimum Gasteiger partial charge on any atom is -0.494 e. The smallest absolute Gasteiger partial charge is 0.126 e. The molecule has 0 aromatic heterocycles. The predicted molar refractivity (Wildman–Crippen MR) is 60.9 cm³/mol. The van der Waals surface area contributed by atoms with Crippen LogP contribution in [0.25, 0.3) is 0 Å². The molecule has 1 atom stereocenters. The molecule has 16 heavy (non-hydrogen) atoms. The molecule has 0 saturated carbocycles. The standard InChI is InChI=1S/C12H18FNO2/c1-9-7-10(3-4-11(9)13)16-6-5-12(2,14)8-15/h3-4,7,15H,5-6,8,14H2,1-2H3. The second-order valence-corrected chi connectivity index (χ2v) is 4.32. The van der Waals surface area contributed by atoms with Crippen LogP contribution in [0.2, 0.25) is 0 Å². The van der Waals surface area contributed by atoms with Gasteiger partial charge in [-0.25, -0.2) is 4.39 Å². The van der Waals surface area contributed by atoms with E-state index < -0.39 is 5.54 Å². The molecule has 1 aromatic rings. The van der Waals surface area contributed by atoms with Gasteiger partial charge in [0.2, 0.25) is 0 Å².